The first-order valence-corrected chi connectivity index (χ1v) is 7.78. The molecule has 28 heavy (non-hydrogen) atoms. The lowest BCUT2D eigenvalue weighted by molar-refractivity contribution is -0.137. The molecule has 0 radical (unpaired) electrons. The summed E-state index contributed by atoms with van der Waals surface area (Å²) < 4.78 is 43.3. The number of amides is 2. The Morgan fingerprint density at radius 1 is 1.11 bits per heavy atom. The number of nitrogens with one attached hydrogen (secondary N) is 3. The fourth-order valence-corrected chi connectivity index (χ4v) is 1.98. The standard InChI is InChI=1S/C17H15F3N4O4/c1-10(25)23-24-14(26)9-28-16(27)13-6-3-7-21-15(13)22-12-5-2-4-11(8-12)17(18,19)20/h2-8H,9H2,1H3,(H,21,22)(H,23,25)(H,24,26). The molecule has 1 aromatic carbocycles. The van der Waals surface area contributed by atoms with E-state index in [9.17, 15) is 27.6 Å². The number of rotatable bonds is 5. The average Bonchev–Trinajstić information content (AvgIpc) is 2.64. The number of ether oxygens (including phenoxy) is 1. The van der Waals surface area contributed by atoms with Crippen LogP contribution >= 0.6 is 0 Å². The third-order valence-corrected chi connectivity index (χ3v) is 3.19. The zero-order valence-corrected chi connectivity index (χ0v) is 14.5. The highest BCUT2D eigenvalue weighted by molar-refractivity contribution is 5.96. The van der Waals surface area contributed by atoms with Gasteiger partial charge in [-0.15, -0.1) is 0 Å². The van der Waals surface area contributed by atoms with Crippen molar-refractivity contribution in [3.63, 3.8) is 0 Å². The van der Waals surface area contributed by atoms with Crippen molar-refractivity contribution < 1.29 is 32.3 Å². The first-order chi connectivity index (χ1) is 13.2. The number of carbonyl (C=O) groups excluding carboxylic acids is 3. The van der Waals surface area contributed by atoms with Gasteiger partial charge in [0.1, 0.15) is 11.4 Å². The summed E-state index contributed by atoms with van der Waals surface area (Å²) in [5, 5.41) is 2.62. The van der Waals surface area contributed by atoms with Gasteiger partial charge in [0, 0.05) is 18.8 Å². The molecular formula is C17H15F3N4O4. The maximum atomic E-state index is 12.8. The van der Waals surface area contributed by atoms with Crippen LogP contribution in [-0.2, 0) is 20.5 Å². The van der Waals surface area contributed by atoms with E-state index in [4.69, 9.17) is 4.74 Å². The zero-order valence-electron chi connectivity index (χ0n) is 14.5. The first kappa shape index (κ1) is 20.7. The van der Waals surface area contributed by atoms with Gasteiger partial charge < -0.3 is 10.1 Å². The van der Waals surface area contributed by atoms with Gasteiger partial charge in [-0.05, 0) is 30.3 Å². The maximum Gasteiger partial charge on any atom is 0.416 e. The lowest BCUT2D eigenvalue weighted by Gasteiger charge is -2.12. The first-order valence-electron chi connectivity index (χ1n) is 7.78. The van der Waals surface area contributed by atoms with Gasteiger partial charge in [0.2, 0.25) is 5.91 Å². The number of hydrazine groups is 1. The second-order valence-corrected chi connectivity index (χ2v) is 5.41. The summed E-state index contributed by atoms with van der Waals surface area (Å²) >= 11 is 0. The van der Waals surface area contributed by atoms with Crippen LogP contribution in [0.15, 0.2) is 42.6 Å². The summed E-state index contributed by atoms with van der Waals surface area (Å²) in [4.78, 5) is 38.2. The third-order valence-electron chi connectivity index (χ3n) is 3.19. The summed E-state index contributed by atoms with van der Waals surface area (Å²) in [5.41, 5.74) is 3.14. The molecule has 0 saturated heterocycles. The van der Waals surface area contributed by atoms with Gasteiger partial charge in [-0.1, -0.05) is 6.07 Å². The molecule has 0 aliphatic carbocycles. The Balaban J connectivity index is 2.09. The number of carbonyl (C=O) groups is 3. The van der Waals surface area contributed by atoms with Gasteiger partial charge in [-0.3, -0.25) is 20.4 Å². The Morgan fingerprint density at radius 3 is 2.54 bits per heavy atom. The smallest absolute Gasteiger partial charge is 0.416 e. The van der Waals surface area contributed by atoms with Crippen molar-refractivity contribution in [1.82, 2.24) is 15.8 Å². The SMILES string of the molecule is CC(=O)NNC(=O)COC(=O)c1cccnc1Nc1cccc(C(F)(F)F)c1. The second kappa shape index (κ2) is 8.84. The van der Waals surface area contributed by atoms with Gasteiger partial charge in [0.05, 0.1) is 5.56 Å². The van der Waals surface area contributed by atoms with Crippen LogP contribution in [0.5, 0.6) is 0 Å². The minimum absolute atomic E-state index is 0.0471. The van der Waals surface area contributed by atoms with Crippen molar-refractivity contribution in [2.24, 2.45) is 0 Å². The van der Waals surface area contributed by atoms with Crippen molar-refractivity contribution in [2.75, 3.05) is 11.9 Å². The minimum atomic E-state index is -4.52. The summed E-state index contributed by atoms with van der Waals surface area (Å²) in [5.74, 6) is -2.27. The van der Waals surface area contributed by atoms with Crippen molar-refractivity contribution in [3.8, 4) is 0 Å². The topological polar surface area (TPSA) is 109 Å². The normalized spacial score (nSPS) is 10.7. The van der Waals surface area contributed by atoms with Gasteiger partial charge in [0.25, 0.3) is 5.91 Å². The molecule has 2 aromatic rings. The van der Waals surface area contributed by atoms with E-state index in [1.54, 1.807) is 0 Å². The summed E-state index contributed by atoms with van der Waals surface area (Å²) in [7, 11) is 0. The fourth-order valence-electron chi connectivity index (χ4n) is 1.98. The Labute approximate surface area is 157 Å². The number of halogens is 3. The molecule has 0 fully saturated rings. The van der Waals surface area contributed by atoms with E-state index < -0.39 is 36.1 Å². The summed E-state index contributed by atoms with van der Waals surface area (Å²) in [6, 6.07) is 7.11. The van der Waals surface area contributed by atoms with Crippen LogP contribution in [0, 0.1) is 0 Å². The van der Waals surface area contributed by atoms with E-state index in [0.717, 1.165) is 12.1 Å². The van der Waals surface area contributed by atoms with E-state index in [2.05, 4.69) is 10.3 Å². The van der Waals surface area contributed by atoms with E-state index in [1.807, 2.05) is 10.9 Å². The molecule has 0 unspecified atom stereocenters. The highest BCUT2D eigenvalue weighted by Gasteiger charge is 2.30. The van der Waals surface area contributed by atoms with Crippen LogP contribution < -0.4 is 16.2 Å². The number of benzene rings is 1. The number of hydrogen-bond acceptors (Lipinski definition) is 6. The molecule has 2 amide bonds. The van der Waals surface area contributed by atoms with Gasteiger partial charge in [-0.2, -0.15) is 13.2 Å². The second-order valence-electron chi connectivity index (χ2n) is 5.41. The summed E-state index contributed by atoms with van der Waals surface area (Å²) in [6.07, 6.45) is -3.19. The summed E-state index contributed by atoms with van der Waals surface area (Å²) in [6.45, 7) is 0.491. The van der Waals surface area contributed by atoms with Crippen LogP contribution in [0.4, 0.5) is 24.7 Å². The molecular weight excluding hydrogens is 381 g/mol. The monoisotopic (exact) mass is 396 g/mol. The Morgan fingerprint density at radius 2 is 1.86 bits per heavy atom. The van der Waals surface area contributed by atoms with Gasteiger partial charge in [0.15, 0.2) is 6.61 Å². The van der Waals surface area contributed by atoms with E-state index in [0.29, 0.717) is 0 Å². The predicted octanol–water partition coefficient (Wildman–Crippen LogP) is 2.17. The van der Waals surface area contributed by atoms with Crippen LogP contribution in [0.2, 0.25) is 0 Å². The highest BCUT2D eigenvalue weighted by Crippen LogP contribution is 2.31. The molecule has 2 rings (SSSR count). The molecule has 0 bridgehead atoms. The van der Waals surface area contributed by atoms with Crippen molar-refractivity contribution in [2.45, 2.75) is 13.1 Å². The molecule has 1 heterocycles. The third kappa shape index (κ3) is 5.97. The van der Waals surface area contributed by atoms with Crippen LogP contribution in [0.3, 0.4) is 0 Å². The lowest BCUT2D eigenvalue weighted by Crippen LogP contribution is -2.42. The highest BCUT2D eigenvalue weighted by atomic mass is 19.4. The number of alkyl halides is 3. The van der Waals surface area contributed by atoms with E-state index in [-0.39, 0.29) is 17.1 Å². The molecule has 11 heteroatoms. The molecule has 0 atom stereocenters. The van der Waals surface area contributed by atoms with Crippen molar-refractivity contribution >= 4 is 29.3 Å². The Bertz CT molecular complexity index is 887. The predicted molar refractivity (Wildman–Crippen MR) is 91.2 cm³/mol. The minimum Gasteiger partial charge on any atom is -0.452 e. The molecule has 8 nitrogen and oxygen atoms in total. The molecule has 3 N–H and O–H groups in total. The molecule has 0 aliphatic heterocycles. The van der Waals surface area contributed by atoms with Gasteiger partial charge >= 0.3 is 12.1 Å². The number of hydrogen-bond donors (Lipinski definition) is 3. The number of aromatic nitrogens is 1. The fraction of sp³-hybridized carbons (Fsp3) is 0.176. The molecule has 0 spiro atoms. The number of pyridine rings is 1. The van der Waals surface area contributed by atoms with Crippen LogP contribution in [0.1, 0.15) is 22.8 Å². The molecule has 0 saturated carbocycles. The van der Waals surface area contributed by atoms with Gasteiger partial charge in [-0.25, -0.2) is 9.78 Å². The van der Waals surface area contributed by atoms with Crippen LogP contribution in [0.25, 0.3) is 0 Å². The maximum absolute atomic E-state index is 12.8. The Hall–Kier alpha value is -3.63. The number of nitrogens with zero attached hydrogens (tertiary/aromatic N) is 1. The largest absolute Gasteiger partial charge is 0.452 e. The van der Waals surface area contributed by atoms with E-state index >= 15 is 0 Å². The Kier molecular flexibility index (Phi) is 6.53. The lowest BCUT2D eigenvalue weighted by atomic mass is 10.2. The van der Waals surface area contributed by atoms with Crippen molar-refractivity contribution in [1.29, 1.82) is 0 Å². The number of esters is 1. The van der Waals surface area contributed by atoms with E-state index in [1.165, 1.54) is 37.4 Å². The van der Waals surface area contributed by atoms with Crippen molar-refractivity contribution in [3.05, 3.63) is 53.7 Å². The molecule has 0 aliphatic rings. The average molecular weight is 396 g/mol. The zero-order chi connectivity index (χ0) is 20.7. The molecule has 1 aromatic heterocycles. The number of anilines is 2. The quantitative estimate of drug-likeness (QED) is 0.528. The van der Waals surface area contributed by atoms with Crippen LogP contribution in [-0.4, -0.2) is 29.4 Å². The molecule has 148 valence electrons.